The number of rotatable bonds is 3. The third-order valence-electron chi connectivity index (χ3n) is 3.24. The molecule has 21 heavy (non-hydrogen) atoms. The van der Waals surface area contributed by atoms with Crippen LogP contribution in [0.15, 0.2) is 48.7 Å². The highest BCUT2D eigenvalue weighted by Crippen LogP contribution is 2.30. The van der Waals surface area contributed by atoms with Gasteiger partial charge in [-0.25, -0.2) is 4.98 Å². The van der Waals surface area contributed by atoms with E-state index in [9.17, 15) is 0 Å². The van der Waals surface area contributed by atoms with Crippen molar-refractivity contribution in [2.24, 2.45) is 0 Å². The molecule has 0 atom stereocenters. The molecular weight excluding hydrogens is 264 g/mol. The number of para-hydroxylation sites is 1. The van der Waals surface area contributed by atoms with Crippen molar-refractivity contribution in [3.8, 4) is 22.8 Å². The maximum absolute atomic E-state index is 6.07. The van der Waals surface area contributed by atoms with Gasteiger partial charge in [-0.3, -0.25) is 0 Å². The number of hydrogen-bond acceptors (Lipinski definition) is 4. The number of ether oxygens (including phenoxy) is 1. The Morgan fingerprint density at radius 2 is 1.95 bits per heavy atom. The van der Waals surface area contributed by atoms with Gasteiger partial charge in [0.1, 0.15) is 11.6 Å². The van der Waals surface area contributed by atoms with E-state index in [-0.39, 0.29) is 0 Å². The number of aryl methyl sites for hydroxylation is 1. The van der Waals surface area contributed by atoms with E-state index >= 15 is 0 Å². The van der Waals surface area contributed by atoms with E-state index in [1.54, 1.807) is 18.0 Å². The average molecular weight is 280 g/mol. The largest absolute Gasteiger partial charge is 0.496 e. The SMILES string of the molecule is COc1ccccc1-c1cc(N)n(-c2cc(C)ccn2)n1. The Balaban J connectivity index is 2.10. The molecule has 0 saturated carbocycles. The molecule has 0 unspecified atom stereocenters. The van der Waals surface area contributed by atoms with Crippen LogP contribution in [0.3, 0.4) is 0 Å². The minimum absolute atomic E-state index is 0.536. The highest BCUT2D eigenvalue weighted by Gasteiger charge is 2.12. The van der Waals surface area contributed by atoms with Gasteiger partial charge in [0.2, 0.25) is 0 Å². The van der Waals surface area contributed by atoms with Crippen LogP contribution in [0, 0.1) is 6.92 Å². The average Bonchev–Trinajstić information content (AvgIpc) is 2.89. The molecule has 2 N–H and O–H groups in total. The van der Waals surface area contributed by atoms with E-state index < -0.39 is 0 Å². The van der Waals surface area contributed by atoms with Gasteiger partial charge < -0.3 is 10.5 Å². The summed E-state index contributed by atoms with van der Waals surface area (Å²) in [6.45, 7) is 2.01. The fourth-order valence-electron chi connectivity index (χ4n) is 2.20. The highest BCUT2D eigenvalue weighted by molar-refractivity contribution is 5.69. The van der Waals surface area contributed by atoms with E-state index in [0.29, 0.717) is 11.6 Å². The molecule has 0 spiro atoms. The molecule has 1 aromatic carbocycles. The quantitative estimate of drug-likeness (QED) is 0.801. The van der Waals surface area contributed by atoms with E-state index in [0.717, 1.165) is 22.6 Å². The maximum atomic E-state index is 6.07. The minimum Gasteiger partial charge on any atom is -0.496 e. The van der Waals surface area contributed by atoms with Gasteiger partial charge in [0.05, 0.1) is 12.8 Å². The molecule has 0 amide bonds. The van der Waals surface area contributed by atoms with Crippen LogP contribution in [0.5, 0.6) is 5.75 Å². The molecule has 5 nitrogen and oxygen atoms in total. The normalized spacial score (nSPS) is 10.6. The highest BCUT2D eigenvalue weighted by atomic mass is 16.5. The van der Waals surface area contributed by atoms with Gasteiger partial charge in [0, 0.05) is 17.8 Å². The molecule has 0 fully saturated rings. The first-order chi connectivity index (χ1) is 10.2. The van der Waals surface area contributed by atoms with Gasteiger partial charge in [-0.2, -0.15) is 9.78 Å². The molecule has 3 rings (SSSR count). The summed E-state index contributed by atoms with van der Waals surface area (Å²) in [4.78, 5) is 4.31. The van der Waals surface area contributed by atoms with Crippen molar-refractivity contribution in [1.82, 2.24) is 14.8 Å². The van der Waals surface area contributed by atoms with E-state index in [4.69, 9.17) is 10.5 Å². The first kappa shape index (κ1) is 13.2. The summed E-state index contributed by atoms with van der Waals surface area (Å²) in [6, 6.07) is 13.4. The van der Waals surface area contributed by atoms with Crippen LogP contribution in [0.4, 0.5) is 5.82 Å². The molecular formula is C16H16N4O. The molecule has 0 bridgehead atoms. The Hall–Kier alpha value is -2.82. The van der Waals surface area contributed by atoms with Crippen LogP contribution in [0.1, 0.15) is 5.56 Å². The van der Waals surface area contributed by atoms with Gasteiger partial charge in [-0.05, 0) is 36.8 Å². The number of benzene rings is 1. The molecule has 2 heterocycles. The molecule has 0 aliphatic rings. The molecule has 0 aliphatic carbocycles. The zero-order valence-electron chi connectivity index (χ0n) is 11.9. The lowest BCUT2D eigenvalue weighted by molar-refractivity contribution is 0.416. The van der Waals surface area contributed by atoms with Crippen molar-refractivity contribution in [1.29, 1.82) is 0 Å². The molecule has 2 aromatic heterocycles. The van der Waals surface area contributed by atoms with Crippen molar-refractivity contribution in [3.63, 3.8) is 0 Å². The number of nitrogens with two attached hydrogens (primary N) is 1. The molecule has 0 aliphatic heterocycles. The second-order valence-electron chi connectivity index (χ2n) is 4.76. The summed E-state index contributed by atoms with van der Waals surface area (Å²) >= 11 is 0. The topological polar surface area (TPSA) is 66.0 Å². The molecule has 0 saturated heterocycles. The minimum atomic E-state index is 0.536. The molecule has 3 aromatic rings. The lowest BCUT2D eigenvalue weighted by Gasteiger charge is -2.05. The van der Waals surface area contributed by atoms with Crippen molar-refractivity contribution < 1.29 is 4.74 Å². The van der Waals surface area contributed by atoms with Crippen LogP contribution in [0.25, 0.3) is 17.1 Å². The summed E-state index contributed by atoms with van der Waals surface area (Å²) in [5, 5.41) is 4.55. The van der Waals surface area contributed by atoms with Gasteiger partial charge in [-0.1, -0.05) is 12.1 Å². The Kier molecular flexibility index (Phi) is 3.31. The lowest BCUT2D eigenvalue weighted by Crippen LogP contribution is -2.04. The van der Waals surface area contributed by atoms with Gasteiger partial charge in [0.15, 0.2) is 5.82 Å². The summed E-state index contributed by atoms with van der Waals surface area (Å²) < 4.78 is 7.00. The van der Waals surface area contributed by atoms with Crippen LogP contribution in [-0.2, 0) is 0 Å². The van der Waals surface area contributed by atoms with Crippen LogP contribution >= 0.6 is 0 Å². The number of aromatic nitrogens is 3. The second kappa shape index (κ2) is 5.28. The van der Waals surface area contributed by atoms with Gasteiger partial charge in [0.25, 0.3) is 0 Å². The number of nitrogens with zero attached hydrogens (tertiary/aromatic N) is 3. The van der Waals surface area contributed by atoms with Gasteiger partial charge in [-0.15, -0.1) is 0 Å². The summed E-state index contributed by atoms with van der Waals surface area (Å²) in [6.07, 6.45) is 1.74. The Labute approximate surface area is 123 Å². The van der Waals surface area contributed by atoms with Crippen molar-refractivity contribution >= 4 is 5.82 Å². The first-order valence-electron chi connectivity index (χ1n) is 6.61. The zero-order valence-corrected chi connectivity index (χ0v) is 11.9. The Morgan fingerprint density at radius 1 is 1.14 bits per heavy atom. The molecule has 5 heteroatoms. The van der Waals surface area contributed by atoms with Gasteiger partial charge >= 0.3 is 0 Å². The zero-order chi connectivity index (χ0) is 14.8. The van der Waals surface area contributed by atoms with Crippen molar-refractivity contribution in [2.75, 3.05) is 12.8 Å². The van der Waals surface area contributed by atoms with Crippen molar-refractivity contribution in [2.45, 2.75) is 6.92 Å². The van der Waals surface area contributed by atoms with Crippen LogP contribution < -0.4 is 10.5 Å². The van der Waals surface area contributed by atoms with E-state index in [1.807, 2.05) is 49.4 Å². The Bertz CT molecular complexity index is 779. The molecule has 106 valence electrons. The predicted molar refractivity (Wildman–Crippen MR) is 82.5 cm³/mol. The number of methoxy groups -OCH3 is 1. The Morgan fingerprint density at radius 3 is 2.71 bits per heavy atom. The number of nitrogen functional groups attached to an aromatic ring is 1. The lowest BCUT2D eigenvalue weighted by atomic mass is 10.1. The first-order valence-corrected chi connectivity index (χ1v) is 6.61. The number of anilines is 1. The standard InChI is InChI=1S/C16H16N4O/c1-11-7-8-18-16(9-11)20-15(17)10-13(19-20)12-5-3-4-6-14(12)21-2/h3-10H,17H2,1-2H3. The van der Waals surface area contributed by atoms with Crippen molar-refractivity contribution in [3.05, 3.63) is 54.2 Å². The number of hydrogen-bond donors (Lipinski definition) is 1. The fourth-order valence-corrected chi connectivity index (χ4v) is 2.20. The third kappa shape index (κ3) is 2.45. The summed E-state index contributed by atoms with van der Waals surface area (Å²) in [7, 11) is 1.64. The monoisotopic (exact) mass is 280 g/mol. The fraction of sp³-hybridized carbons (Fsp3) is 0.125. The second-order valence-corrected chi connectivity index (χ2v) is 4.76. The van der Waals surface area contributed by atoms with E-state index in [1.165, 1.54) is 0 Å². The smallest absolute Gasteiger partial charge is 0.155 e. The third-order valence-corrected chi connectivity index (χ3v) is 3.24. The maximum Gasteiger partial charge on any atom is 0.155 e. The summed E-state index contributed by atoms with van der Waals surface area (Å²) in [5.41, 5.74) is 8.84. The van der Waals surface area contributed by atoms with Crippen LogP contribution in [-0.4, -0.2) is 21.9 Å². The van der Waals surface area contributed by atoms with Crippen LogP contribution in [0.2, 0.25) is 0 Å². The molecule has 0 radical (unpaired) electrons. The van der Waals surface area contributed by atoms with E-state index in [2.05, 4.69) is 10.1 Å². The summed E-state index contributed by atoms with van der Waals surface area (Å²) in [5.74, 6) is 2.00. The number of pyridine rings is 1. The predicted octanol–water partition coefficient (Wildman–Crippen LogP) is 2.83.